The van der Waals surface area contributed by atoms with Crippen molar-refractivity contribution in [3.63, 3.8) is 0 Å². The number of likely N-dealkylation sites (tertiary alicyclic amines) is 1. The van der Waals surface area contributed by atoms with Crippen LogP contribution in [-0.4, -0.2) is 37.5 Å². The van der Waals surface area contributed by atoms with E-state index in [4.69, 9.17) is 5.73 Å². The molecular formula is C15H22BrN3O. The number of nitrogens with one attached hydrogen (secondary N) is 1. The Balaban J connectivity index is 2.17. The van der Waals surface area contributed by atoms with Crippen LogP contribution in [0.5, 0.6) is 0 Å². The molecule has 2 unspecified atom stereocenters. The third-order valence-electron chi connectivity index (χ3n) is 4.18. The van der Waals surface area contributed by atoms with Crippen molar-refractivity contribution >= 4 is 21.8 Å². The zero-order chi connectivity index (χ0) is 14.8. The molecule has 2 atom stereocenters. The lowest BCUT2D eigenvalue weighted by Crippen LogP contribution is -2.40. The van der Waals surface area contributed by atoms with Gasteiger partial charge in [0.15, 0.2) is 0 Å². The third kappa shape index (κ3) is 3.05. The molecule has 1 aliphatic rings. The largest absolute Gasteiger partial charge is 0.359 e. The SMILES string of the molecule is CNC(=O)C1(C)CCN(C(CN)c2cccc(Br)c2)C1. The van der Waals surface area contributed by atoms with E-state index in [1.54, 1.807) is 7.05 Å². The molecule has 110 valence electrons. The maximum absolute atomic E-state index is 12.0. The van der Waals surface area contributed by atoms with Gasteiger partial charge in [-0.05, 0) is 37.6 Å². The summed E-state index contributed by atoms with van der Waals surface area (Å²) < 4.78 is 1.06. The van der Waals surface area contributed by atoms with Crippen molar-refractivity contribution in [1.82, 2.24) is 10.2 Å². The summed E-state index contributed by atoms with van der Waals surface area (Å²) in [5.74, 6) is 0.116. The fourth-order valence-corrected chi connectivity index (χ4v) is 3.38. The Kier molecular flexibility index (Phi) is 4.83. The van der Waals surface area contributed by atoms with Crippen molar-refractivity contribution in [2.24, 2.45) is 11.1 Å². The summed E-state index contributed by atoms with van der Waals surface area (Å²) in [5, 5.41) is 2.77. The fourth-order valence-electron chi connectivity index (χ4n) is 2.96. The molecule has 1 aromatic rings. The van der Waals surface area contributed by atoms with Gasteiger partial charge in [-0.3, -0.25) is 9.69 Å². The molecule has 0 aromatic heterocycles. The highest BCUT2D eigenvalue weighted by Crippen LogP contribution is 2.35. The highest BCUT2D eigenvalue weighted by atomic mass is 79.9. The van der Waals surface area contributed by atoms with E-state index in [0.717, 1.165) is 24.0 Å². The molecule has 0 saturated carbocycles. The van der Waals surface area contributed by atoms with Crippen molar-refractivity contribution in [3.8, 4) is 0 Å². The van der Waals surface area contributed by atoms with E-state index in [1.165, 1.54) is 5.56 Å². The Morgan fingerprint density at radius 3 is 2.95 bits per heavy atom. The molecule has 1 heterocycles. The third-order valence-corrected chi connectivity index (χ3v) is 4.67. The van der Waals surface area contributed by atoms with Gasteiger partial charge in [-0.25, -0.2) is 0 Å². The van der Waals surface area contributed by atoms with Gasteiger partial charge in [0.1, 0.15) is 0 Å². The maximum Gasteiger partial charge on any atom is 0.227 e. The Morgan fingerprint density at radius 1 is 1.60 bits per heavy atom. The molecule has 0 spiro atoms. The van der Waals surface area contributed by atoms with Gasteiger partial charge in [-0.15, -0.1) is 0 Å². The first-order chi connectivity index (χ1) is 9.50. The van der Waals surface area contributed by atoms with E-state index in [1.807, 2.05) is 19.1 Å². The Bertz CT molecular complexity index is 494. The highest BCUT2D eigenvalue weighted by Gasteiger charge is 2.41. The normalized spacial score (nSPS) is 24.6. The average Bonchev–Trinajstić information content (AvgIpc) is 2.82. The molecule has 2 rings (SSSR count). The molecule has 3 N–H and O–H groups in total. The molecule has 5 heteroatoms. The number of halogens is 1. The van der Waals surface area contributed by atoms with E-state index in [-0.39, 0.29) is 17.4 Å². The smallest absolute Gasteiger partial charge is 0.227 e. The predicted molar refractivity (Wildman–Crippen MR) is 84.3 cm³/mol. The van der Waals surface area contributed by atoms with E-state index in [0.29, 0.717) is 6.54 Å². The van der Waals surface area contributed by atoms with Crippen molar-refractivity contribution in [1.29, 1.82) is 0 Å². The monoisotopic (exact) mass is 339 g/mol. The molecule has 1 fully saturated rings. The van der Waals surface area contributed by atoms with Gasteiger partial charge in [0.05, 0.1) is 5.41 Å². The summed E-state index contributed by atoms with van der Waals surface area (Å²) in [5.41, 5.74) is 6.86. The standard InChI is InChI=1S/C15H22BrN3O/c1-15(14(20)18-2)6-7-19(10-15)13(9-17)11-4-3-5-12(16)8-11/h3-5,8,13H,6-7,9-10,17H2,1-2H3,(H,18,20). The number of nitrogens with two attached hydrogens (primary N) is 1. The van der Waals surface area contributed by atoms with E-state index < -0.39 is 0 Å². The molecule has 20 heavy (non-hydrogen) atoms. The second kappa shape index (κ2) is 6.24. The van der Waals surface area contributed by atoms with Crippen molar-refractivity contribution in [2.75, 3.05) is 26.7 Å². The molecule has 1 amide bonds. The zero-order valence-electron chi connectivity index (χ0n) is 12.0. The first-order valence-electron chi connectivity index (χ1n) is 6.92. The molecular weight excluding hydrogens is 318 g/mol. The van der Waals surface area contributed by atoms with Gasteiger partial charge >= 0.3 is 0 Å². The van der Waals surface area contributed by atoms with Crippen LogP contribution in [0.1, 0.15) is 24.9 Å². The second-order valence-electron chi connectivity index (χ2n) is 5.67. The van der Waals surface area contributed by atoms with Crippen LogP contribution in [0.15, 0.2) is 28.7 Å². The first kappa shape index (κ1) is 15.5. The van der Waals surface area contributed by atoms with Crippen molar-refractivity contribution in [3.05, 3.63) is 34.3 Å². The van der Waals surface area contributed by atoms with Gasteiger partial charge in [-0.2, -0.15) is 0 Å². The van der Waals surface area contributed by atoms with Gasteiger partial charge in [0.25, 0.3) is 0 Å². The molecule has 0 radical (unpaired) electrons. The number of benzene rings is 1. The molecule has 4 nitrogen and oxygen atoms in total. The first-order valence-corrected chi connectivity index (χ1v) is 7.71. The number of carbonyl (C=O) groups excluding carboxylic acids is 1. The van der Waals surface area contributed by atoms with Gasteiger partial charge < -0.3 is 11.1 Å². The Labute approximate surface area is 128 Å². The number of carbonyl (C=O) groups is 1. The topological polar surface area (TPSA) is 58.4 Å². The Morgan fingerprint density at radius 2 is 2.35 bits per heavy atom. The van der Waals surface area contributed by atoms with E-state index in [9.17, 15) is 4.79 Å². The van der Waals surface area contributed by atoms with E-state index in [2.05, 4.69) is 38.3 Å². The Hall–Kier alpha value is -0.910. The minimum Gasteiger partial charge on any atom is -0.359 e. The average molecular weight is 340 g/mol. The number of amides is 1. The maximum atomic E-state index is 12.0. The lowest BCUT2D eigenvalue weighted by Gasteiger charge is -2.29. The van der Waals surface area contributed by atoms with Gasteiger partial charge in [0, 0.05) is 30.7 Å². The molecule has 0 bridgehead atoms. The highest BCUT2D eigenvalue weighted by molar-refractivity contribution is 9.10. The quantitative estimate of drug-likeness (QED) is 0.880. The predicted octanol–water partition coefficient (Wildman–Crippen LogP) is 1.91. The van der Waals surface area contributed by atoms with Crippen molar-refractivity contribution in [2.45, 2.75) is 19.4 Å². The van der Waals surface area contributed by atoms with Crippen LogP contribution in [0, 0.1) is 5.41 Å². The minimum atomic E-state index is -0.311. The number of nitrogens with zero attached hydrogens (tertiary/aromatic N) is 1. The lowest BCUT2D eigenvalue weighted by atomic mass is 9.89. The number of hydrogen-bond donors (Lipinski definition) is 2. The fraction of sp³-hybridized carbons (Fsp3) is 0.533. The van der Waals surface area contributed by atoms with Crippen LogP contribution < -0.4 is 11.1 Å². The summed E-state index contributed by atoms with van der Waals surface area (Å²) in [4.78, 5) is 14.3. The van der Waals surface area contributed by atoms with Crippen LogP contribution in [0.25, 0.3) is 0 Å². The van der Waals surface area contributed by atoms with Crippen LogP contribution in [0.2, 0.25) is 0 Å². The van der Waals surface area contributed by atoms with Crippen LogP contribution in [0.4, 0.5) is 0 Å². The van der Waals surface area contributed by atoms with E-state index >= 15 is 0 Å². The van der Waals surface area contributed by atoms with Crippen molar-refractivity contribution < 1.29 is 4.79 Å². The number of rotatable bonds is 4. The molecule has 1 aliphatic heterocycles. The summed E-state index contributed by atoms with van der Waals surface area (Å²) in [7, 11) is 1.70. The second-order valence-corrected chi connectivity index (χ2v) is 6.58. The van der Waals surface area contributed by atoms with Gasteiger partial charge in [0.2, 0.25) is 5.91 Å². The molecule has 1 saturated heterocycles. The lowest BCUT2D eigenvalue weighted by molar-refractivity contribution is -0.129. The summed E-state index contributed by atoms with van der Waals surface area (Å²) in [6, 6.07) is 8.40. The minimum absolute atomic E-state index is 0.116. The zero-order valence-corrected chi connectivity index (χ0v) is 13.6. The van der Waals surface area contributed by atoms with Crippen LogP contribution in [0.3, 0.4) is 0 Å². The summed E-state index contributed by atoms with van der Waals surface area (Å²) >= 11 is 3.50. The summed E-state index contributed by atoms with van der Waals surface area (Å²) in [6.45, 7) is 4.24. The van der Waals surface area contributed by atoms with Crippen LogP contribution in [-0.2, 0) is 4.79 Å². The molecule has 0 aliphatic carbocycles. The van der Waals surface area contributed by atoms with Crippen LogP contribution >= 0.6 is 15.9 Å². The summed E-state index contributed by atoms with van der Waals surface area (Å²) in [6.07, 6.45) is 0.872. The number of hydrogen-bond acceptors (Lipinski definition) is 3. The molecule has 1 aromatic carbocycles. The van der Waals surface area contributed by atoms with Gasteiger partial charge in [-0.1, -0.05) is 28.1 Å².